The van der Waals surface area contributed by atoms with E-state index in [0.717, 1.165) is 30.7 Å². The van der Waals surface area contributed by atoms with Crippen molar-refractivity contribution in [3.63, 3.8) is 0 Å². The maximum Gasteiger partial charge on any atom is 0.0496 e. The van der Waals surface area contributed by atoms with Crippen molar-refractivity contribution in [3.8, 4) is 0 Å². The molecule has 0 saturated heterocycles. The van der Waals surface area contributed by atoms with Gasteiger partial charge in [-0.25, -0.2) is 0 Å². The molecule has 2 atom stereocenters. The van der Waals surface area contributed by atoms with E-state index in [9.17, 15) is 5.11 Å². The average molecular weight is 279 g/mol. The van der Waals surface area contributed by atoms with Gasteiger partial charge in [-0.05, 0) is 75.0 Å². The molecule has 0 aliphatic heterocycles. The molecule has 2 N–H and O–H groups in total. The second kappa shape index (κ2) is 5.28. The fourth-order valence-electron chi connectivity index (χ4n) is 5.62. The molecule has 2 unspecified atom stereocenters. The highest BCUT2D eigenvalue weighted by atomic mass is 16.3. The molecule has 4 saturated carbocycles. The van der Waals surface area contributed by atoms with E-state index in [2.05, 4.69) is 26.1 Å². The molecule has 4 aliphatic carbocycles. The van der Waals surface area contributed by atoms with Crippen molar-refractivity contribution in [1.29, 1.82) is 0 Å². The van der Waals surface area contributed by atoms with E-state index in [-0.39, 0.29) is 5.41 Å². The Hall–Kier alpha value is -0.0800. The second-order valence-corrected chi connectivity index (χ2v) is 8.70. The van der Waals surface area contributed by atoms with Gasteiger partial charge in [-0.2, -0.15) is 0 Å². The van der Waals surface area contributed by atoms with Gasteiger partial charge in [-0.15, -0.1) is 0 Å². The van der Waals surface area contributed by atoms with Gasteiger partial charge in [0.05, 0.1) is 0 Å². The lowest BCUT2D eigenvalue weighted by molar-refractivity contribution is -0.0722. The SMILES string of the molecule is CCC(C)(CO)CNC(C)C12CC3CC(CC(C3)C1)C2. The van der Waals surface area contributed by atoms with Crippen molar-refractivity contribution in [1.82, 2.24) is 5.32 Å². The molecule has 4 aliphatic rings. The first-order valence-corrected chi connectivity index (χ1v) is 8.83. The molecule has 116 valence electrons. The predicted octanol–water partition coefficient (Wildman–Crippen LogP) is 3.59. The first kappa shape index (κ1) is 14.8. The first-order chi connectivity index (χ1) is 9.48. The highest BCUT2D eigenvalue weighted by Gasteiger charge is 2.53. The van der Waals surface area contributed by atoms with Crippen LogP contribution in [0.3, 0.4) is 0 Å². The summed E-state index contributed by atoms with van der Waals surface area (Å²) < 4.78 is 0. The van der Waals surface area contributed by atoms with E-state index >= 15 is 0 Å². The van der Waals surface area contributed by atoms with E-state index in [1.807, 2.05) is 0 Å². The molecule has 0 heterocycles. The van der Waals surface area contributed by atoms with E-state index in [1.165, 1.54) is 38.5 Å². The zero-order valence-corrected chi connectivity index (χ0v) is 13.6. The minimum atomic E-state index is 0.0521. The monoisotopic (exact) mass is 279 g/mol. The summed E-state index contributed by atoms with van der Waals surface area (Å²) in [7, 11) is 0. The van der Waals surface area contributed by atoms with Crippen LogP contribution in [0.25, 0.3) is 0 Å². The zero-order chi connectivity index (χ0) is 14.4. The molecule has 4 fully saturated rings. The summed E-state index contributed by atoms with van der Waals surface area (Å²) in [5.41, 5.74) is 0.634. The number of hydrogen-bond acceptors (Lipinski definition) is 2. The molecule has 4 bridgehead atoms. The van der Waals surface area contributed by atoms with E-state index in [4.69, 9.17) is 0 Å². The summed E-state index contributed by atoms with van der Waals surface area (Å²) in [4.78, 5) is 0. The quantitative estimate of drug-likeness (QED) is 0.779. The topological polar surface area (TPSA) is 32.3 Å². The Balaban J connectivity index is 1.64. The largest absolute Gasteiger partial charge is 0.396 e. The Bertz CT molecular complexity index is 312. The Kier molecular flexibility index (Phi) is 3.92. The smallest absolute Gasteiger partial charge is 0.0496 e. The minimum absolute atomic E-state index is 0.0521. The lowest BCUT2D eigenvalue weighted by atomic mass is 9.48. The number of aliphatic hydroxyl groups excluding tert-OH is 1. The van der Waals surface area contributed by atoms with Gasteiger partial charge in [0.15, 0.2) is 0 Å². The van der Waals surface area contributed by atoms with Crippen molar-refractivity contribution in [3.05, 3.63) is 0 Å². The van der Waals surface area contributed by atoms with Crippen LogP contribution >= 0.6 is 0 Å². The van der Waals surface area contributed by atoms with Crippen LogP contribution in [0, 0.1) is 28.6 Å². The summed E-state index contributed by atoms with van der Waals surface area (Å²) >= 11 is 0. The fraction of sp³-hybridized carbons (Fsp3) is 1.00. The molecule has 0 aromatic carbocycles. The molecule has 2 heteroatoms. The molecule has 0 aromatic rings. The van der Waals surface area contributed by atoms with Gasteiger partial charge in [-0.1, -0.05) is 13.8 Å². The number of aliphatic hydroxyl groups is 1. The standard InChI is InChI=1S/C18H33NO/c1-4-17(3,12-20)11-19-13(2)18-8-14-5-15(9-18)7-16(6-14)10-18/h13-16,19-20H,4-12H2,1-3H3. The van der Waals surface area contributed by atoms with Gasteiger partial charge in [0, 0.05) is 24.6 Å². The highest BCUT2D eigenvalue weighted by Crippen LogP contribution is 2.61. The Morgan fingerprint density at radius 1 is 1.15 bits per heavy atom. The lowest BCUT2D eigenvalue weighted by Gasteiger charge is -2.59. The third-order valence-electron chi connectivity index (χ3n) is 7.07. The van der Waals surface area contributed by atoms with Gasteiger partial charge in [-0.3, -0.25) is 0 Å². The Morgan fingerprint density at radius 3 is 2.05 bits per heavy atom. The van der Waals surface area contributed by atoms with Gasteiger partial charge < -0.3 is 10.4 Å². The van der Waals surface area contributed by atoms with Crippen LogP contribution < -0.4 is 5.32 Å². The number of nitrogens with one attached hydrogen (secondary N) is 1. The average Bonchev–Trinajstić information content (AvgIpc) is 2.43. The van der Waals surface area contributed by atoms with Crippen LogP contribution in [0.1, 0.15) is 65.7 Å². The summed E-state index contributed by atoms with van der Waals surface area (Å²) in [5.74, 6) is 3.09. The van der Waals surface area contributed by atoms with Crippen LogP contribution in [0.2, 0.25) is 0 Å². The van der Waals surface area contributed by atoms with E-state index in [0.29, 0.717) is 18.1 Å². The lowest BCUT2D eigenvalue weighted by Crippen LogP contribution is -2.56. The molecular weight excluding hydrogens is 246 g/mol. The molecule has 0 amide bonds. The minimum Gasteiger partial charge on any atom is -0.396 e. The van der Waals surface area contributed by atoms with Gasteiger partial charge in [0.25, 0.3) is 0 Å². The highest BCUT2D eigenvalue weighted by molar-refractivity contribution is 5.05. The second-order valence-electron chi connectivity index (χ2n) is 8.70. The van der Waals surface area contributed by atoms with Gasteiger partial charge in [0.1, 0.15) is 0 Å². The van der Waals surface area contributed by atoms with Crippen LogP contribution in [0.4, 0.5) is 0 Å². The van der Waals surface area contributed by atoms with Crippen LogP contribution in [-0.4, -0.2) is 24.3 Å². The van der Waals surface area contributed by atoms with Crippen molar-refractivity contribution in [2.24, 2.45) is 28.6 Å². The summed E-state index contributed by atoms with van der Waals surface area (Å²) in [6.07, 6.45) is 10.0. The van der Waals surface area contributed by atoms with Crippen molar-refractivity contribution in [2.45, 2.75) is 71.8 Å². The van der Waals surface area contributed by atoms with Crippen molar-refractivity contribution in [2.75, 3.05) is 13.2 Å². The summed E-state index contributed by atoms with van der Waals surface area (Å²) in [6.45, 7) is 8.06. The van der Waals surface area contributed by atoms with E-state index in [1.54, 1.807) is 0 Å². The van der Waals surface area contributed by atoms with Gasteiger partial charge >= 0.3 is 0 Å². The molecule has 4 rings (SSSR count). The third-order valence-corrected chi connectivity index (χ3v) is 7.07. The summed E-state index contributed by atoms with van der Waals surface area (Å²) in [6, 6.07) is 0.619. The number of rotatable bonds is 6. The maximum absolute atomic E-state index is 9.59. The summed E-state index contributed by atoms with van der Waals surface area (Å²) in [5, 5.41) is 13.4. The van der Waals surface area contributed by atoms with Gasteiger partial charge in [0.2, 0.25) is 0 Å². The van der Waals surface area contributed by atoms with E-state index < -0.39 is 0 Å². The fourth-order valence-corrected chi connectivity index (χ4v) is 5.62. The molecule has 2 nitrogen and oxygen atoms in total. The van der Waals surface area contributed by atoms with Crippen LogP contribution in [0.5, 0.6) is 0 Å². The van der Waals surface area contributed by atoms with Crippen LogP contribution in [0.15, 0.2) is 0 Å². The maximum atomic E-state index is 9.59. The Morgan fingerprint density at radius 2 is 1.65 bits per heavy atom. The third kappa shape index (κ3) is 2.54. The predicted molar refractivity (Wildman–Crippen MR) is 83.6 cm³/mol. The molecule has 0 spiro atoms. The van der Waals surface area contributed by atoms with Crippen molar-refractivity contribution >= 4 is 0 Å². The van der Waals surface area contributed by atoms with Crippen molar-refractivity contribution < 1.29 is 5.11 Å². The normalized spacial score (nSPS) is 43.5. The Labute approximate surface area is 124 Å². The molecular formula is C18H33NO. The molecule has 20 heavy (non-hydrogen) atoms. The molecule has 0 radical (unpaired) electrons. The van der Waals surface area contributed by atoms with Crippen LogP contribution in [-0.2, 0) is 0 Å². The first-order valence-electron chi connectivity index (χ1n) is 8.83. The number of hydrogen-bond donors (Lipinski definition) is 2. The molecule has 0 aromatic heterocycles. The zero-order valence-electron chi connectivity index (χ0n) is 13.6.